The summed E-state index contributed by atoms with van der Waals surface area (Å²) in [5.41, 5.74) is 4.98. The highest BCUT2D eigenvalue weighted by molar-refractivity contribution is 5.85. The zero-order valence-corrected chi connectivity index (χ0v) is 12.4. The maximum absolute atomic E-state index is 9.84. The van der Waals surface area contributed by atoms with Crippen molar-refractivity contribution in [1.82, 2.24) is 5.32 Å². The van der Waals surface area contributed by atoms with Crippen molar-refractivity contribution in [1.29, 1.82) is 0 Å². The summed E-state index contributed by atoms with van der Waals surface area (Å²) < 4.78 is 0. The van der Waals surface area contributed by atoms with E-state index in [1.807, 2.05) is 0 Å². The van der Waals surface area contributed by atoms with Crippen LogP contribution < -0.4 is 5.32 Å². The lowest BCUT2D eigenvalue weighted by Gasteiger charge is -2.39. The molecule has 4 rings (SSSR count). The van der Waals surface area contributed by atoms with Gasteiger partial charge in [-0.2, -0.15) is 0 Å². The molecule has 4 heteroatoms. The van der Waals surface area contributed by atoms with Crippen molar-refractivity contribution in [2.24, 2.45) is 0 Å². The van der Waals surface area contributed by atoms with E-state index in [0.29, 0.717) is 6.04 Å². The number of aryl methyl sites for hydroxylation is 1. The van der Waals surface area contributed by atoms with E-state index in [-0.39, 0.29) is 29.8 Å². The van der Waals surface area contributed by atoms with Gasteiger partial charge in [0.15, 0.2) is 11.5 Å². The number of rotatable bonds is 0. The third-order valence-electron chi connectivity index (χ3n) is 4.64. The van der Waals surface area contributed by atoms with Crippen LogP contribution in [-0.4, -0.2) is 16.3 Å². The first-order chi connectivity index (χ1) is 9.74. The molecular weight excluding hydrogens is 286 g/mol. The van der Waals surface area contributed by atoms with Crippen molar-refractivity contribution < 1.29 is 10.2 Å². The van der Waals surface area contributed by atoms with Crippen molar-refractivity contribution in [3.05, 3.63) is 58.7 Å². The van der Waals surface area contributed by atoms with E-state index in [1.165, 1.54) is 11.1 Å². The Morgan fingerprint density at radius 3 is 2.57 bits per heavy atom. The molecule has 1 heterocycles. The van der Waals surface area contributed by atoms with Gasteiger partial charge in [-0.3, -0.25) is 0 Å². The molecule has 0 bridgehead atoms. The van der Waals surface area contributed by atoms with Gasteiger partial charge in [-0.05, 0) is 47.2 Å². The maximum atomic E-state index is 9.84. The van der Waals surface area contributed by atoms with E-state index in [9.17, 15) is 10.2 Å². The highest BCUT2D eigenvalue weighted by Crippen LogP contribution is 2.43. The lowest BCUT2D eigenvalue weighted by molar-refractivity contribution is 0.380. The molecule has 1 aliphatic heterocycles. The molecule has 3 nitrogen and oxygen atoms in total. The van der Waals surface area contributed by atoms with E-state index in [4.69, 9.17) is 0 Å². The molecule has 0 radical (unpaired) electrons. The second kappa shape index (κ2) is 5.24. The average Bonchev–Trinajstić information content (AvgIpc) is 2.48. The molecule has 0 spiro atoms. The number of aromatic hydroxyl groups is 2. The largest absolute Gasteiger partial charge is 0.504 e. The first-order valence-electron chi connectivity index (χ1n) is 7.10. The summed E-state index contributed by atoms with van der Waals surface area (Å²) in [5, 5.41) is 23.2. The van der Waals surface area contributed by atoms with Gasteiger partial charge >= 0.3 is 0 Å². The van der Waals surface area contributed by atoms with Crippen LogP contribution in [0.25, 0.3) is 0 Å². The molecule has 110 valence electrons. The first kappa shape index (κ1) is 14.2. The van der Waals surface area contributed by atoms with Crippen molar-refractivity contribution in [2.75, 3.05) is 0 Å². The van der Waals surface area contributed by atoms with Gasteiger partial charge in [-0.25, -0.2) is 0 Å². The van der Waals surface area contributed by atoms with Crippen LogP contribution in [0.1, 0.15) is 34.6 Å². The Hall–Kier alpha value is -1.71. The molecule has 1 unspecified atom stereocenters. The fourth-order valence-electron chi connectivity index (χ4n) is 3.68. The Morgan fingerprint density at radius 1 is 0.952 bits per heavy atom. The second-order valence-electron chi connectivity index (χ2n) is 5.74. The molecule has 2 aromatic rings. The van der Waals surface area contributed by atoms with Gasteiger partial charge in [0.25, 0.3) is 0 Å². The molecule has 0 saturated carbocycles. The van der Waals surface area contributed by atoms with Crippen LogP contribution in [-0.2, 0) is 13.0 Å². The van der Waals surface area contributed by atoms with E-state index < -0.39 is 0 Å². The monoisotopic (exact) mass is 303 g/mol. The van der Waals surface area contributed by atoms with Crippen LogP contribution in [0.5, 0.6) is 11.5 Å². The van der Waals surface area contributed by atoms with Gasteiger partial charge in [0.1, 0.15) is 0 Å². The molecule has 3 N–H and O–H groups in total. The van der Waals surface area contributed by atoms with Gasteiger partial charge in [0.05, 0.1) is 0 Å². The molecule has 0 amide bonds. The summed E-state index contributed by atoms with van der Waals surface area (Å²) in [6, 6.07) is 12.4. The smallest absolute Gasteiger partial charge is 0.157 e. The third kappa shape index (κ3) is 2.17. The Morgan fingerprint density at radius 2 is 1.71 bits per heavy atom. The minimum Gasteiger partial charge on any atom is -0.504 e. The quantitative estimate of drug-likeness (QED) is 0.656. The average molecular weight is 304 g/mol. The Balaban J connectivity index is 0.00000132. The number of hydrogen-bond acceptors (Lipinski definition) is 3. The maximum Gasteiger partial charge on any atom is 0.157 e. The van der Waals surface area contributed by atoms with Crippen LogP contribution >= 0.6 is 12.4 Å². The molecule has 21 heavy (non-hydrogen) atoms. The van der Waals surface area contributed by atoms with Crippen LogP contribution in [0.2, 0.25) is 0 Å². The third-order valence-corrected chi connectivity index (χ3v) is 4.64. The SMILES string of the molecule is Cl.Oc1cc2c(cc1O)[C@H]1c3ccccc3CNC1CC2. The van der Waals surface area contributed by atoms with Crippen molar-refractivity contribution in [3.8, 4) is 11.5 Å². The van der Waals surface area contributed by atoms with Crippen LogP contribution in [0, 0.1) is 0 Å². The topological polar surface area (TPSA) is 52.5 Å². The van der Waals surface area contributed by atoms with Crippen molar-refractivity contribution in [3.63, 3.8) is 0 Å². The predicted molar refractivity (Wildman–Crippen MR) is 84.3 cm³/mol. The first-order valence-corrected chi connectivity index (χ1v) is 7.10. The lowest BCUT2D eigenvalue weighted by Crippen LogP contribution is -2.42. The number of halogens is 1. The number of nitrogens with one attached hydrogen (secondary N) is 1. The normalized spacial score (nSPS) is 22.5. The van der Waals surface area contributed by atoms with Crippen LogP contribution in [0.15, 0.2) is 36.4 Å². The highest BCUT2D eigenvalue weighted by Gasteiger charge is 2.35. The highest BCUT2D eigenvalue weighted by atomic mass is 35.5. The molecule has 0 aromatic heterocycles. The fourth-order valence-corrected chi connectivity index (χ4v) is 3.68. The minimum absolute atomic E-state index is 0. The van der Waals surface area contributed by atoms with E-state index in [0.717, 1.165) is 30.5 Å². The molecule has 0 saturated heterocycles. The van der Waals surface area contributed by atoms with Gasteiger partial charge in [-0.1, -0.05) is 24.3 Å². The Labute approximate surface area is 130 Å². The van der Waals surface area contributed by atoms with Crippen LogP contribution in [0.3, 0.4) is 0 Å². The van der Waals surface area contributed by atoms with Crippen molar-refractivity contribution in [2.45, 2.75) is 31.3 Å². The summed E-state index contributed by atoms with van der Waals surface area (Å²) >= 11 is 0. The number of hydrogen-bond donors (Lipinski definition) is 3. The van der Waals surface area contributed by atoms with E-state index >= 15 is 0 Å². The molecule has 0 fully saturated rings. The predicted octanol–water partition coefficient (Wildman–Crippen LogP) is 3.07. The lowest BCUT2D eigenvalue weighted by atomic mass is 9.72. The number of phenols is 2. The van der Waals surface area contributed by atoms with Crippen molar-refractivity contribution >= 4 is 12.4 Å². The Bertz CT molecular complexity index is 686. The fraction of sp³-hybridized carbons (Fsp3) is 0.294. The summed E-state index contributed by atoms with van der Waals surface area (Å²) in [7, 11) is 0. The van der Waals surface area contributed by atoms with Gasteiger partial charge < -0.3 is 15.5 Å². The van der Waals surface area contributed by atoms with E-state index in [1.54, 1.807) is 12.1 Å². The summed E-state index contributed by atoms with van der Waals surface area (Å²) in [6.45, 7) is 0.913. The zero-order valence-electron chi connectivity index (χ0n) is 11.5. The molecule has 2 aliphatic rings. The number of benzene rings is 2. The van der Waals surface area contributed by atoms with Gasteiger partial charge in [-0.15, -0.1) is 12.4 Å². The second-order valence-corrected chi connectivity index (χ2v) is 5.74. The number of fused-ring (bicyclic) bond motifs is 5. The summed E-state index contributed by atoms with van der Waals surface area (Å²) in [4.78, 5) is 0. The molecule has 2 aromatic carbocycles. The molecule has 1 aliphatic carbocycles. The summed E-state index contributed by atoms with van der Waals surface area (Å²) in [5.74, 6) is 0.238. The zero-order chi connectivity index (χ0) is 13.7. The number of phenolic OH excluding ortho intramolecular Hbond substituents is 2. The van der Waals surface area contributed by atoms with Gasteiger partial charge in [0, 0.05) is 18.5 Å². The van der Waals surface area contributed by atoms with E-state index in [2.05, 4.69) is 29.6 Å². The summed E-state index contributed by atoms with van der Waals surface area (Å²) in [6.07, 6.45) is 2.01. The Kier molecular flexibility index (Phi) is 3.56. The molecular formula is C17H18ClNO2. The van der Waals surface area contributed by atoms with Crippen LogP contribution in [0.4, 0.5) is 0 Å². The minimum atomic E-state index is -0.0209. The molecule has 2 atom stereocenters. The van der Waals surface area contributed by atoms with Gasteiger partial charge in [0.2, 0.25) is 0 Å². The standard InChI is InChI=1S/C17H17NO2.ClH/c19-15-7-10-5-6-14-17(13(10)8-16(15)20)12-4-2-1-3-11(12)9-18-14;/h1-4,7-8,14,17-20H,5-6,9H2;1H/t14?,17-;/m1./s1.